The Morgan fingerprint density at radius 2 is 2.62 bits per heavy atom. The van der Waals surface area contributed by atoms with Crippen LogP contribution in [0.2, 0.25) is 0 Å². The molecule has 0 spiro atoms. The largest absolute Gasteiger partial charge is 0.396 e. The molecule has 13 heavy (non-hydrogen) atoms. The van der Waals surface area contributed by atoms with Gasteiger partial charge in [-0.25, -0.2) is 0 Å². The highest BCUT2D eigenvalue weighted by molar-refractivity contribution is 5.26. The van der Waals surface area contributed by atoms with E-state index in [9.17, 15) is 5.11 Å². The van der Waals surface area contributed by atoms with Gasteiger partial charge in [-0.3, -0.25) is 4.68 Å². The second kappa shape index (κ2) is 2.82. The first-order valence-corrected chi connectivity index (χ1v) is 4.51. The summed E-state index contributed by atoms with van der Waals surface area (Å²) in [7, 11) is 1.90. The van der Waals surface area contributed by atoms with Crippen molar-refractivity contribution < 1.29 is 5.11 Å². The molecule has 2 unspecified atom stereocenters. The van der Waals surface area contributed by atoms with Crippen molar-refractivity contribution in [3.63, 3.8) is 0 Å². The molecule has 0 amide bonds. The van der Waals surface area contributed by atoms with E-state index in [-0.39, 0.29) is 12.0 Å². The molecule has 4 nitrogen and oxygen atoms in total. The molecule has 1 aliphatic carbocycles. The Kier molecular flexibility index (Phi) is 1.89. The highest BCUT2D eigenvalue weighted by atomic mass is 16.3. The SMILES string of the molecule is Cn1cc(C2CC2(CN)CO)cn1. The molecule has 2 rings (SSSR count). The first-order chi connectivity index (χ1) is 6.22. The summed E-state index contributed by atoms with van der Waals surface area (Å²) in [4.78, 5) is 0. The van der Waals surface area contributed by atoms with Gasteiger partial charge in [0.05, 0.1) is 12.8 Å². The maximum atomic E-state index is 9.19. The van der Waals surface area contributed by atoms with Crippen LogP contribution in [0.25, 0.3) is 0 Å². The Labute approximate surface area is 77.4 Å². The molecule has 1 aromatic heterocycles. The summed E-state index contributed by atoms with van der Waals surface area (Å²) in [6.45, 7) is 0.742. The van der Waals surface area contributed by atoms with Crippen LogP contribution in [0, 0.1) is 5.41 Å². The Morgan fingerprint density at radius 1 is 1.85 bits per heavy atom. The van der Waals surface area contributed by atoms with Crippen LogP contribution in [-0.4, -0.2) is 28.0 Å². The van der Waals surface area contributed by atoms with E-state index in [1.54, 1.807) is 4.68 Å². The molecular weight excluding hydrogens is 166 g/mol. The Balaban J connectivity index is 2.14. The van der Waals surface area contributed by atoms with Gasteiger partial charge < -0.3 is 10.8 Å². The fourth-order valence-electron chi connectivity index (χ4n) is 1.90. The molecule has 1 aliphatic rings. The normalized spacial score (nSPS) is 32.1. The number of nitrogens with zero attached hydrogens (tertiary/aromatic N) is 2. The van der Waals surface area contributed by atoms with Crippen molar-refractivity contribution in [2.45, 2.75) is 12.3 Å². The summed E-state index contributed by atoms with van der Waals surface area (Å²) >= 11 is 0. The van der Waals surface area contributed by atoms with E-state index in [4.69, 9.17) is 5.73 Å². The number of rotatable bonds is 3. The summed E-state index contributed by atoms with van der Waals surface area (Å²) < 4.78 is 1.78. The number of hydrogen-bond donors (Lipinski definition) is 2. The van der Waals surface area contributed by atoms with Crippen LogP contribution < -0.4 is 5.73 Å². The molecule has 0 bridgehead atoms. The number of aryl methyl sites for hydroxylation is 1. The van der Waals surface area contributed by atoms with Crippen molar-refractivity contribution in [3.05, 3.63) is 18.0 Å². The summed E-state index contributed by atoms with van der Waals surface area (Å²) in [5.74, 6) is 0.413. The standard InChI is InChI=1S/C9H15N3O/c1-12-4-7(3-11-12)8-2-9(8,5-10)6-13/h3-4,8,13H,2,5-6,10H2,1H3. The first-order valence-electron chi connectivity index (χ1n) is 4.51. The average Bonchev–Trinajstić information content (AvgIpc) is 2.74. The molecule has 4 heteroatoms. The van der Waals surface area contributed by atoms with Gasteiger partial charge in [0, 0.05) is 25.2 Å². The van der Waals surface area contributed by atoms with Crippen molar-refractivity contribution in [2.24, 2.45) is 18.2 Å². The topological polar surface area (TPSA) is 64.1 Å². The van der Waals surface area contributed by atoms with Crippen LogP contribution in [0.5, 0.6) is 0 Å². The lowest BCUT2D eigenvalue weighted by molar-refractivity contribution is 0.211. The minimum absolute atomic E-state index is 0.0525. The predicted molar refractivity (Wildman–Crippen MR) is 49.1 cm³/mol. The molecule has 0 radical (unpaired) electrons. The molecule has 72 valence electrons. The van der Waals surface area contributed by atoms with E-state index in [0.717, 1.165) is 6.42 Å². The van der Waals surface area contributed by atoms with Crippen molar-refractivity contribution in [1.82, 2.24) is 9.78 Å². The van der Waals surface area contributed by atoms with Gasteiger partial charge >= 0.3 is 0 Å². The quantitative estimate of drug-likeness (QED) is 0.681. The fraction of sp³-hybridized carbons (Fsp3) is 0.667. The summed E-state index contributed by atoms with van der Waals surface area (Å²) in [5.41, 5.74) is 6.77. The molecule has 0 aliphatic heterocycles. The summed E-state index contributed by atoms with van der Waals surface area (Å²) in [5, 5.41) is 13.3. The number of aromatic nitrogens is 2. The van der Waals surface area contributed by atoms with E-state index in [2.05, 4.69) is 5.10 Å². The zero-order valence-electron chi connectivity index (χ0n) is 7.77. The minimum Gasteiger partial charge on any atom is -0.396 e. The van der Waals surface area contributed by atoms with E-state index in [1.807, 2.05) is 19.4 Å². The van der Waals surface area contributed by atoms with Gasteiger partial charge in [-0.2, -0.15) is 5.10 Å². The maximum Gasteiger partial charge on any atom is 0.0524 e. The van der Waals surface area contributed by atoms with Crippen LogP contribution in [0.1, 0.15) is 17.9 Å². The van der Waals surface area contributed by atoms with Gasteiger partial charge in [0.25, 0.3) is 0 Å². The molecule has 1 saturated carbocycles. The first kappa shape index (κ1) is 8.72. The third kappa shape index (κ3) is 1.26. The van der Waals surface area contributed by atoms with E-state index in [1.165, 1.54) is 5.56 Å². The smallest absolute Gasteiger partial charge is 0.0524 e. The zero-order valence-corrected chi connectivity index (χ0v) is 7.77. The lowest BCUT2D eigenvalue weighted by Crippen LogP contribution is -2.21. The van der Waals surface area contributed by atoms with Gasteiger partial charge in [0.2, 0.25) is 0 Å². The summed E-state index contributed by atoms with van der Waals surface area (Å²) in [6.07, 6.45) is 4.85. The van der Waals surface area contributed by atoms with E-state index >= 15 is 0 Å². The highest BCUT2D eigenvalue weighted by Gasteiger charge is 2.53. The molecule has 3 N–H and O–H groups in total. The lowest BCUT2D eigenvalue weighted by atomic mass is 10.0. The van der Waals surface area contributed by atoms with Crippen LogP contribution >= 0.6 is 0 Å². The zero-order chi connectivity index (χ0) is 9.47. The van der Waals surface area contributed by atoms with Crippen molar-refractivity contribution >= 4 is 0 Å². The molecule has 2 atom stereocenters. The van der Waals surface area contributed by atoms with Crippen LogP contribution in [-0.2, 0) is 7.05 Å². The molecule has 0 aromatic carbocycles. The molecule has 1 fully saturated rings. The Hall–Kier alpha value is -0.870. The van der Waals surface area contributed by atoms with E-state index in [0.29, 0.717) is 12.5 Å². The molecular formula is C9H15N3O. The summed E-state index contributed by atoms with van der Waals surface area (Å²) in [6, 6.07) is 0. The van der Waals surface area contributed by atoms with Crippen LogP contribution in [0.3, 0.4) is 0 Å². The Bertz CT molecular complexity index is 304. The van der Waals surface area contributed by atoms with Gasteiger partial charge in [-0.1, -0.05) is 0 Å². The molecule has 1 heterocycles. The van der Waals surface area contributed by atoms with Gasteiger partial charge in [0.1, 0.15) is 0 Å². The average molecular weight is 181 g/mol. The predicted octanol–water partition coefficient (Wildman–Crippen LogP) is -0.155. The van der Waals surface area contributed by atoms with Gasteiger partial charge in [0.15, 0.2) is 0 Å². The second-order valence-corrected chi connectivity index (χ2v) is 3.93. The molecule has 1 aromatic rings. The second-order valence-electron chi connectivity index (χ2n) is 3.93. The molecule has 0 saturated heterocycles. The Morgan fingerprint density at radius 3 is 3.00 bits per heavy atom. The van der Waals surface area contributed by atoms with Crippen LogP contribution in [0.15, 0.2) is 12.4 Å². The van der Waals surface area contributed by atoms with E-state index < -0.39 is 0 Å². The minimum atomic E-state index is -0.0525. The number of aliphatic hydroxyl groups is 1. The van der Waals surface area contributed by atoms with Crippen molar-refractivity contribution in [2.75, 3.05) is 13.2 Å². The fourth-order valence-corrected chi connectivity index (χ4v) is 1.90. The van der Waals surface area contributed by atoms with Crippen molar-refractivity contribution in [1.29, 1.82) is 0 Å². The third-order valence-corrected chi connectivity index (χ3v) is 3.04. The monoisotopic (exact) mass is 181 g/mol. The number of aliphatic hydroxyl groups excluding tert-OH is 1. The van der Waals surface area contributed by atoms with Crippen molar-refractivity contribution in [3.8, 4) is 0 Å². The van der Waals surface area contributed by atoms with Gasteiger partial charge in [-0.15, -0.1) is 0 Å². The number of nitrogens with two attached hydrogens (primary N) is 1. The maximum absolute atomic E-state index is 9.19. The third-order valence-electron chi connectivity index (χ3n) is 3.04. The number of hydrogen-bond acceptors (Lipinski definition) is 3. The highest BCUT2D eigenvalue weighted by Crippen LogP contribution is 2.58. The van der Waals surface area contributed by atoms with Gasteiger partial charge in [-0.05, 0) is 17.9 Å². The van der Waals surface area contributed by atoms with Crippen LogP contribution in [0.4, 0.5) is 0 Å². The lowest BCUT2D eigenvalue weighted by Gasteiger charge is -2.09.